The molecule has 0 aliphatic rings. The number of rotatable bonds is 9. The third kappa shape index (κ3) is 4.59. The highest BCUT2D eigenvalue weighted by Crippen LogP contribution is 2.12. The fourth-order valence-corrected chi connectivity index (χ4v) is 3.23. The van der Waals surface area contributed by atoms with Crippen LogP contribution < -0.4 is 10.5 Å². The lowest BCUT2D eigenvalue weighted by atomic mass is 10.4. The summed E-state index contributed by atoms with van der Waals surface area (Å²) < 4.78 is 28.6. The number of nitrogens with zero attached hydrogens (tertiary/aromatic N) is 2. The van der Waals surface area contributed by atoms with Crippen molar-refractivity contribution >= 4 is 10.0 Å². The van der Waals surface area contributed by atoms with E-state index in [1.54, 1.807) is 23.9 Å². The molecule has 0 fully saturated rings. The minimum Gasteiger partial charge on any atom is -0.352 e. The molecule has 116 valence electrons. The van der Waals surface area contributed by atoms with Gasteiger partial charge in [0, 0.05) is 32.0 Å². The maximum absolute atomic E-state index is 12.1. The predicted molar refractivity (Wildman–Crippen MR) is 80.9 cm³/mol. The number of hydrogen-bond donors (Lipinski definition) is 2. The monoisotopic (exact) mass is 302 g/mol. The van der Waals surface area contributed by atoms with E-state index in [4.69, 9.17) is 5.73 Å². The van der Waals surface area contributed by atoms with Crippen LogP contribution in [0.1, 0.15) is 26.0 Å². The Bertz CT molecular complexity index is 506. The van der Waals surface area contributed by atoms with Crippen LogP contribution in [0, 0.1) is 0 Å². The maximum atomic E-state index is 12.1. The summed E-state index contributed by atoms with van der Waals surface area (Å²) >= 11 is 0. The van der Waals surface area contributed by atoms with Crippen molar-refractivity contribution in [2.24, 2.45) is 12.8 Å². The molecule has 0 aliphatic heterocycles. The number of nitrogens with two attached hydrogens (primary N) is 1. The smallest absolute Gasteiger partial charge is 0.242 e. The van der Waals surface area contributed by atoms with Crippen molar-refractivity contribution in [3.05, 3.63) is 18.0 Å². The van der Waals surface area contributed by atoms with Crippen LogP contribution in [0.15, 0.2) is 17.2 Å². The average molecular weight is 302 g/mol. The highest BCUT2D eigenvalue weighted by atomic mass is 32.2. The van der Waals surface area contributed by atoms with E-state index < -0.39 is 10.0 Å². The quantitative estimate of drug-likeness (QED) is 0.651. The first-order valence-electron chi connectivity index (χ1n) is 7.01. The fourth-order valence-electron chi connectivity index (χ4n) is 2.06. The molecule has 20 heavy (non-hydrogen) atoms. The number of aryl methyl sites for hydroxylation is 1. The van der Waals surface area contributed by atoms with Crippen molar-refractivity contribution in [1.82, 2.24) is 14.2 Å². The van der Waals surface area contributed by atoms with E-state index in [1.165, 1.54) is 0 Å². The van der Waals surface area contributed by atoms with Crippen LogP contribution >= 0.6 is 0 Å². The number of hydrogen-bond acceptors (Lipinski definition) is 4. The van der Waals surface area contributed by atoms with E-state index in [-0.39, 0.29) is 4.90 Å². The van der Waals surface area contributed by atoms with Gasteiger partial charge in [0.1, 0.15) is 0 Å². The molecule has 0 aliphatic carbocycles. The topological polar surface area (TPSA) is 80.4 Å². The molecule has 1 rings (SSSR count). The number of sulfonamides is 1. The highest BCUT2D eigenvalue weighted by molar-refractivity contribution is 7.89. The standard InChI is InChI=1S/C13H26N4O2S/c1-4-17(5-2)8-6-7-15-20(18,19)13-9-12(10-14)16(3)11-13/h9,11,15H,4-8,10,14H2,1-3H3. The predicted octanol–water partition coefficient (Wildman–Crippen LogP) is 0.494. The Balaban J connectivity index is 2.53. The lowest BCUT2D eigenvalue weighted by molar-refractivity contribution is 0.300. The van der Waals surface area contributed by atoms with Gasteiger partial charge in [-0.1, -0.05) is 13.8 Å². The molecule has 1 aromatic heterocycles. The van der Waals surface area contributed by atoms with Gasteiger partial charge in [0.05, 0.1) is 4.90 Å². The third-order valence-electron chi connectivity index (χ3n) is 3.44. The molecule has 0 aromatic carbocycles. The van der Waals surface area contributed by atoms with Gasteiger partial charge < -0.3 is 15.2 Å². The molecule has 0 amide bonds. The maximum Gasteiger partial charge on any atom is 0.242 e. The average Bonchev–Trinajstić information content (AvgIpc) is 2.81. The second-order valence-electron chi connectivity index (χ2n) is 4.76. The zero-order valence-corrected chi connectivity index (χ0v) is 13.4. The third-order valence-corrected chi connectivity index (χ3v) is 4.87. The fraction of sp³-hybridized carbons (Fsp3) is 0.692. The van der Waals surface area contributed by atoms with Gasteiger partial charge in [0.25, 0.3) is 0 Å². The van der Waals surface area contributed by atoms with Crippen molar-refractivity contribution in [2.75, 3.05) is 26.2 Å². The first-order chi connectivity index (χ1) is 9.44. The van der Waals surface area contributed by atoms with Crippen molar-refractivity contribution in [3.63, 3.8) is 0 Å². The first kappa shape index (κ1) is 17.2. The second-order valence-corrected chi connectivity index (χ2v) is 6.53. The Kier molecular flexibility index (Phi) is 6.67. The van der Waals surface area contributed by atoms with Crippen LogP contribution in [0.2, 0.25) is 0 Å². The Morgan fingerprint density at radius 3 is 2.50 bits per heavy atom. The van der Waals surface area contributed by atoms with Crippen LogP contribution in [0.3, 0.4) is 0 Å². The van der Waals surface area contributed by atoms with Gasteiger partial charge in [0.15, 0.2) is 0 Å². The van der Waals surface area contributed by atoms with Gasteiger partial charge >= 0.3 is 0 Å². The molecule has 1 aromatic rings. The van der Waals surface area contributed by atoms with E-state index in [9.17, 15) is 8.42 Å². The number of aromatic nitrogens is 1. The van der Waals surface area contributed by atoms with Crippen LogP contribution in [-0.4, -0.2) is 44.1 Å². The Morgan fingerprint density at radius 1 is 1.35 bits per heavy atom. The molecule has 0 radical (unpaired) electrons. The highest BCUT2D eigenvalue weighted by Gasteiger charge is 2.16. The summed E-state index contributed by atoms with van der Waals surface area (Å²) in [5.41, 5.74) is 6.35. The zero-order valence-electron chi connectivity index (χ0n) is 12.6. The summed E-state index contributed by atoms with van der Waals surface area (Å²) in [7, 11) is -1.64. The van der Waals surface area contributed by atoms with Crippen molar-refractivity contribution in [2.45, 2.75) is 31.7 Å². The molecule has 6 nitrogen and oxygen atoms in total. The molecular weight excluding hydrogens is 276 g/mol. The molecule has 7 heteroatoms. The van der Waals surface area contributed by atoms with Gasteiger partial charge in [-0.05, 0) is 32.1 Å². The number of nitrogens with one attached hydrogen (secondary N) is 1. The van der Waals surface area contributed by atoms with Gasteiger partial charge in [-0.15, -0.1) is 0 Å². The minimum atomic E-state index is -3.43. The summed E-state index contributed by atoms with van der Waals surface area (Å²) in [6.07, 6.45) is 2.40. The molecule has 0 unspecified atom stereocenters. The molecule has 0 bridgehead atoms. The normalized spacial score (nSPS) is 12.2. The molecule has 0 saturated heterocycles. The van der Waals surface area contributed by atoms with Crippen LogP contribution in [0.5, 0.6) is 0 Å². The summed E-state index contributed by atoms with van der Waals surface area (Å²) in [5, 5.41) is 0. The van der Waals surface area contributed by atoms with E-state index >= 15 is 0 Å². The molecule has 0 saturated carbocycles. The lowest BCUT2D eigenvalue weighted by Crippen LogP contribution is -2.29. The summed E-state index contributed by atoms with van der Waals surface area (Å²) in [6, 6.07) is 1.62. The Morgan fingerprint density at radius 2 is 2.00 bits per heavy atom. The summed E-state index contributed by atoms with van der Waals surface area (Å²) in [4.78, 5) is 2.55. The van der Waals surface area contributed by atoms with E-state index in [1.807, 2.05) is 0 Å². The molecule has 0 atom stereocenters. The van der Waals surface area contributed by atoms with Crippen LogP contribution in [0.4, 0.5) is 0 Å². The summed E-state index contributed by atoms with van der Waals surface area (Å²) in [5.74, 6) is 0. The van der Waals surface area contributed by atoms with Crippen molar-refractivity contribution < 1.29 is 8.42 Å². The Labute approximate surface area is 122 Å². The van der Waals surface area contributed by atoms with Crippen molar-refractivity contribution in [3.8, 4) is 0 Å². The largest absolute Gasteiger partial charge is 0.352 e. The van der Waals surface area contributed by atoms with Gasteiger partial charge in [0.2, 0.25) is 10.0 Å². The van der Waals surface area contributed by atoms with E-state index in [0.717, 1.165) is 31.7 Å². The molecule has 1 heterocycles. The van der Waals surface area contributed by atoms with E-state index in [2.05, 4.69) is 23.5 Å². The molecular formula is C13H26N4O2S. The molecule has 0 spiro atoms. The lowest BCUT2D eigenvalue weighted by Gasteiger charge is -2.17. The minimum absolute atomic E-state index is 0.281. The zero-order chi connectivity index (χ0) is 15.2. The second kappa shape index (κ2) is 7.78. The Hall–Kier alpha value is -0.890. The van der Waals surface area contributed by atoms with Gasteiger partial charge in [-0.25, -0.2) is 13.1 Å². The van der Waals surface area contributed by atoms with E-state index in [0.29, 0.717) is 13.1 Å². The summed E-state index contributed by atoms with van der Waals surface area (Å²) in [6.45, 7) is 7.86. The SMILES string of the molecule is CCN(CC)CCCNS(=O)(=O)c1cc(CN)n(C)c1. The van der Waals surface area contributed by atoms with Crippen LogP contribution in [-0.2, 0) is 23.6 Å². The van der Waals surface area contributed by atoms with Crippen molar-refractivity contribution in [1.29, 1.82) is 0 Å². The van der Waals surface area contributed by atoms with Gasteiger partial charge in [-0.3, -0.25) is 0 Å². The van der Waals surface area contributed by atoms with Crippen LogP contribution in [0.25, 0.3) is 0 Å². The first-order valence-corrected chi connectivity index (χ1v) is 8.50. The van der Waals surface area contributed by atoms with Gasteiger partial charge in [-0.2, -0.15) is 0 Å². The molecule has 3 N–H and O–H groups in total.